The van der Waals surface area contributed by atoms with Gasteiger partial charge in [-0.1, -0.05) is 28.1 Å². The molecule has 0 saturated carbocycles. The summed E-state index contributed by atoms with van der Waals surface area (Å²) in [6, 6.07) is 11.1. The molecule has 1 saturated heterocycles. The summed E-state index contributed by atoms with van der Waals surface area (Å²) in [7, 11) is 0. The predicted molar refractivity (Wildman–Crippen MR) is 86.0 cm³/mol. The highest BCUT2D eigenvalue weighted by Gasteiger charge is 2.44. The summed E-state index contributed by atoms with van der Waals surface area (Å²) < 4.78 is 11.9. The second kappa shape index (κ2) is 6.72. The molecular formula is C16H17BrO6. The van der Waals surface area contributed by atoms with E-state index in [0.717, 1.165) is 15.2 Å². The Hall–Kier alpha value is -1.22. The summed E-state index contributed by atoms with van der Waals surface area (Å²) in [6.07, 6.45) is -6.45. The fraction of sp³-hybridized carbons (Fsp3) is 0.375. The zero-order valence-corrected chi connectivity index (χ0v) is 13.6. The van der Waals surface area contributed by atoms with Gasteiger partial charge in [-0.05, 0) is 35.0 Å². The SMILES string of the molecule is OCC1O[C@H](Oc2ccc3cc(Br)ccc3c2)[C@@H](O)[C@H](O)[C@@H]1O. The van der Waals surface area contributed by atoms with Crippen LogP contribution in [0.15, 0.2) is 40.9 Å². The van der Waals surface area contributed by atoms with Crippen molar-refractivity contribution in [2.75, 3.05) is 6.61 Å². The Labute approximate surface area is 141 Å². The van der Waals surface area contributed by atoms with Crippen LogP contribution in [0.1, 0.15) is 0 Å². The third-order valence-electron chi connectivity index (χ3n) is 3.87. The first-order valence-electron chi connectivity index (χ1n) is 7.16. The van der Waals surface area contributed by atoms with Crippen LogP contribution in [0.25, 0.3) is 10.8 Å². The molecule has 0 aromatic heterocycles. The Balaban J connectivity index is 1.81. The van der Waals surface area contributed by atoms with E-state index in [4.69, 9.17) is 9.47 Å². The van der Waals surface area contributed by atoms with Crippen molar-refractivity contribution in [2.45, 2.75) is 30.7 Å². The van der Waals surface area contributed by atoms with E-state index < -0.39 is 37.3 Å². The van der Waals surface area contributed by atoms with Gasteiger partial charge in [0.1, 0.15) is 30.2 Å². The molecule has 0 radical (unpaired) electrons. The van der Waals surface area contributed by atoms with Gasteiger partial charge in [-0.25, -0.2) is 0 Å². The third-order valence-corrected chi connectivity index (χ3v) is 4.37. The summed E-state index contributed by atoms with van der Waals surface area (Å²) in [5.41, 5.74) is 0. The van der Waals surface area contributed by atoms with Crippen LogP contribution in [0.2, 0.25) is 0 Å². The molecule has 6 nitrogen and oxygen atoms in total. The highest BCUT2D eigenvalue weighted by atomic mass is 79.9. The van der Waals surface area contributed by atoms with Gasteiger partial charge in [-0.2, -0.15) is 0 Å². The van der Waals surface area contributed by atoms with E-state index >= 15 is 0 Å². The summed E-state index contributed by atoms with van der Waals surface area (Å²) >= 11 is 3.41. The standard InChI is InChI=1S/C16H17BrO6/c17-10-3-1-9-6-11(4-2-8(9)5-10)22-16-15(21)14(20)13(19)12(7-18)23-16/h1-6,12-16,18-21H,7H2/t12?,13-,14-,15+,16+/m1/s1. The molecule has 4 N–H and O–H groups in total. The van der Waals surface area contributed by atoms with Crippen LogP contribution in [0.5, 0.6) is 5.75 Å². The van der Waals surface area contributed by atoms with Crippen LogP contribution in [0.3, 0.4) is 0 Å². The maximum atomic E-state index is 9.98. The Bertz CT molecular complexity index is 691. The number of aliphatic hydroxyl groups is 4. The van der Waals surface area contributed by atoms with Gasteiger partial charge in [-0.3, -0.25) is 0 Å². The number of rotatable bonds is 3. The van der Waals surface area contributed by atoms with Crippen molar-refractivity contribution in [2.24, 2.45) is 0 Å². The predicted octanol–water partition coefficient (Wildman–Crippen LogP) is 0.781. The first-order valence-corrected chi connectivity index (χ1v) is 7.95. The quantitative estimate of drug-likeness (QED) is 0.624. The number of aliphatic hydroxyl groups excluding tert-OH is 4. The largest absolute Gasteiger partial charge is 0.462 e. The fourth-order valence-electron chi connectivity index (χ4n) is 2.57. The molecule has 0 spiro atoms. The normalized spacial score (nSPS) is 31.3. The van der Waals surface area contributed by atoms with Crippen LogP contribution in [-0.2, 0) is 4.74 Å². The lowest BCUT2D eigenvalue weighted by atomic mass is 9.99. The highest BCUT2D eigenvalue weighted by molar-refractivity contribution is 9.10. The van der Waals surface area contributed by atoms with Gasteiger partial charge in [0.05, 0.1) is 6.61 Å². The highest BCUT2D eigenvalue weighted by Crippen LogP contribution is 2.28. The second-order valence-electron chi connectivity index (χ2n) is 5.47. The van der Waals surface area contributed by atoms with Gasteiger partial charge in [0.15, 0.2) is 0 Å². The minimum Gasteiger partial charge on any atom is -0.462 e. The number of benzene rings is 2. The molecule has 7 heteroatoms. The Morgan fingerprint density at radius 3 is 2.39 bits per heavy atom. The maximum Gasteiger partial charge on any atom is 0.229 e. The molecule has 1 aliphatic rings. The fourth-order valence-corrected chi connectivity index (χ4v) is 2.95. The van der Waals surface area contributed by atoms with Crippen LogP contribution in [-0.4, -0.2) is 57.7 Å². The molecule has 2 aromatic carbocycles. The summed E-state index contributed by atoms with van der Waals surface area (Å²) in [4.78, 5) is 0. The molecule has 1 fully saturated rings. The number of halogens is 1. The maximum absolute atomic E-state index is 9.98. The Morgan fingerprint density at radius 1 is 0.957 bits per heavy atom. The van der Waals surface area contributed by atoms with Gasteiger partial charge in [0.2, 0.25) is 6.29 Å². The molecular weight excluding hydrogens is 368 g/mol. The zero-order chi connectivity index (χ0) is 16.6. The van der Waals surface area contributed by atoms with Crippen molar-refractivity contribution in [3.8, 4) is 5.75 Å². The molecule has 5 atom stereocenters. The van der Waals surface area contributed by atoms with E-state index in [2.05, 4.69) is 15.9 Å². The van der Waals surface area contributed by atoms with E-state index in [1.54, 1.807) is 12.1 Å². The first kappa shape index (κ1) is 16.6. The number of hydrogen-bond acceptors (Lipinski definition) is 6. The van der Waals surface area contributed by atoms with Gasteiger partial charge in [0, 0.05) is 4.47 Å². The number of hydrogen-bond donors (Lipinski definition) is 4. The lowest BCUT2D eigenvalue weighted by Crippen LogP contribution is -2.60. The van der Waals surface area contributed by atoms with Gasteiger partial charge >= 0.3 is 0 Å². The molecule has 1 aliphatic heterocycles. The minimum atomic E-state index is -1.46. The van der Waals surface area contributed by atoms with Gasteiger partial charge in [0.25, 0.3) is 0 Å². The minimum absolute atomic E-state index is 0.448. The average Bonchev–Trinajstić information content (AvgIpc) is 2.55. The zero-order valence-electron chi connectivity index (χ0n) is 12.0. The molecule has 23 heavy (non-hydrogen) atoms. The van der Waals surface area contributed by atoms with Crippen molar-refractivity contribution in [1.82, 2.24) is 0 Å². The third kappa shape index (κ3) is 3.35. The van der Waals surface area contributed by atoms with Crippen LogP contribution in [0, 0.1) is 0 Å². The summed E-state index contributed by atoms with van der Waals surface area (Å²) in [6.45, 7) is -0.490. The monoisotopic (exact) mass is 384 g/mol. The van der Waals surface area contributed by atoms with Gasteiger partial charge < -0.3 is 29.9 Å². The second-order valence-corrected chi connectivity index (χ2v) is 6.38. The van der Waals surface area contributed by atoms with Gasteiger partial charge in [-0.15, -0.1) is 0 Å². The van der Waals surface area contributed by atoms with E-state index in [1.807, 2.05) is 24.3 Å². The molecule has 3 rings (SSSR count). The topological polar surface area (TPSA) is 99.4 Å². The van der Waals surface area contributed by atoms with Crippen molar-refractivity contribution in [3.63, 3.8) is 0 Å². The van der Waals surface area contributed by atoms with E-state index in [1.165, 1.54) is 0 Å². The lowest BCUT2D eigenvalue weighted by Gasteiger charge is -2.39. The number of fused-ring (bicyclic) bond motifs is 1. The van der Waals surface area contributed by atoms with Crippen molar-refractivity contribution in [1.29, 1.82) is 0 Å². The molecule has 0 bridgehead atoms. The van der Waals surface area contributed by atoms with E-state index in [0.29, 0.717) is 5.75 Å². The van der Waals surface area contributed by atoms with Crippen molar-refractivity contribution in [3.05, 3.63) is 40.9 Å². The molecule has 124 valence electrons. The molecule has 0 amide bonds. The van der Waals surface area contributed by atoms with Crippen molar-refractivity contribution < 1.29 is 29.9 Å². The smallest absolute Gasteiger partial charge is 0.229 e. The molecule has 0 aliphatic carbocycles. The number of ether oxygens (including phenoxy) is 2. The lowest BCUT2D eigenvalue weighted by molar-refractivity contribution is -0.277. The van der Waals surface area contributed by atoms with Crippen molar-refractivity contribution >= 4 is 26.7 Å². The average molecular weight is 385 g/mol. The van der Waals surface area contributed by atoms with E-state index in [-0.39, 0.29) is 0 Å². The molecule has 1 heterocycles. The molecule has 1 unspecified atom stereocenters. The Kier molecular flexibility index (Phi) is 4.86. The molecule has 2 aromatic rings. The van der Waals surface area contributed by atoms with Crippen LogP contribution in [0.4, 0.5) is 0 Å². The first-order chi connectivity index (χ1) is 11.0. The van der Waals surface area contributed by atoms with Crippen LogP contribution < -0.4 is 4.74 Å². The van der Waals surface area contributed by atoms with Crippen LogP contribution >= 0.6 is 15.9 Å². The summed E-state index contributed by atoms with van der Waals surface area (Å²) in [5.74, 6) is 0.448. The Morgan fingerprint density at radius 2 is 1.65 bits per heavy atom. The van der Waals surface area contributed by atoms with E-state index in [9.17, 15) is 20.4 Å². The summed E-state index contributed by atoms with van der Waals surface area (Å²) in [5, 5.41) is 40.6.